The number of ketones is 1. The molecule has 0 atom stereocenters. The summed E-state index contributed by atoms with van der Waals surface area (Å²) >= 11 is 0. The molecule has 14 heavy (non-hydrogen) atoms. The molecule has 0 N–H and O–H groups in total. The third-order valence-corrected chi connectivity index (χ3v) is 1.57. The predicted molar refractivity (Wildman–Crippen MR) is 47.6 cm³/mol. The van der Waals surface area contributed by atoms with Crippen LogP contribution in [0, 0.1) is 0 Å². The van der Waals surface area contributed by atoms with Crippen molar-refractivity contribution in [1.82, 2.24) is 0 Å². The van der Waals surface area contributed by atoms with Crippen molar-refractivity contribution in [1.29, 1.82) is 0 Å². The van der Waals surface area contributed by atoms with E-state index in [9.17, 15) is 13.6 Å². The number of halogens is 2. The van der Waals surface area contributed by atoms with E-state index in [1.165, 1.54) is 0 Å². The van der Waals surface area contributed by atoms with E-state index in [-0.39, 0.29) is 12.4 Å². The first-order valence-corrected chi connectivity index (χ1v) is 4.14. The van der Waals surface area contributed by atoms with Crippen LogP contribution in [0.25, 0.3) is 0 Å². The molecule has 2 nitrogen and oxygen atoms in total. The molecule has 0 fully saturated rings. The van der Waals surface area contributed by atoms with Crippen LogP contribution in [0.2, 0.25) is 0 Å². The molecular formula is C10H10F2O2. The van der Waals surface area contributed by atoms with Crippen molar-refractivity contribution in [3.05, 3.63) is 35.9 Å². The smallest absolute Gasteiger partial charge is 0.261 e. The van der Waals surface area contributed by atoms with Crippen LogP contribution >= 0.6 is 0 Å². The quantitative estimate of drug-likeness (QED) is 0.681. The minimum atomic E-state index is -2.53. The van der Waals surface area contributed by atoms with Crippen LogP contribution in [-0.4, -0.2) is 25.4 Å². The Hall–Kier alpha value is -1.29. The van der Waals surface area contributed by atoms with Crippen LogP contribution in [0.5, 0.6) is 0 Å². The number of hydrogen-bond acceptors (Lipinski definition) is 2. The third-order valence-electron chi connectivity index (χ3n) is 1.57. The fourth-order valence-electron chi connectivity index (χ4n) is 0.948. The Morgan fingerprint density at radius 2 is 1.93 bits per heavy atom. The molecule has 1 aromatic carbocycles. The summed E-state index contributed by atoms with van der Waals surface area (Å²) in [6.45, 7) is -0.993. The monoisotopic (exact) mass is 200 g/mol. The number of Topliss-reactive ketones (excluding diaryl/α,β-unsaturated/α-hetero) is 1. The number of carbonyl (C=O) groups excluding carboxylic acids is 1. The van der Waals surface area contributed by atoms with Crippen LogP contribution in [-0.2, 0) is 4.74 Å². The van der Waals surface area contributed by atoms with Crippen LogP contribution < -0.4 is 0 Å². The van der Waals surface area contributed by atoms with E-state index < -0.39 is 13.0 Å². The molecule has 0 aliphatic heterocycles. The number of rotatable bonds is 5. The highest BCUT2D eigenvalue weighted by Crippen LogP contribution is 2.01. The summed E-state index contributed by atoms with van der Waals surface area (Å²) in [4.78, 5) is 11.3. The summed E-state index contributed by atoms with van der Waals surface area (Å²) in [6, 6.07) is 8.43. The van der Waals surface area contributed by atoms with Gasteiger partial charge in [0.2, 0.25) is 0 Å². The Morgan fingerprint density at radius 1 is 1.29 bits per heavy atom. The lowest BCUT2D eigenvalue weighted by molar-refractivity contribution is 0.0196. The average Bonchev–Trinajstić information content (AvgIpc) is 2.18. The Balaban J connectivity index is 2.36. The highest BCUT2D eigenvalue weighted by Gasteiger charge is 2.07. The summed E-state index contributed by atoms with van der Waals surface area (Å²) in [7, 11) is 0. The number of ether oxygens (including phenoxy) is 1. The van der Waals surface area contributed by atoms with E-state index in [4.69, 9.17) is 0 Å². The lowest BCUT2D eigenvalue weighted by Crippen LogP contribution is -2.13. The summed E-state index contributed by atoms with van der Waals surface area (Å²) < 4.78 is 27.8. The van der Waals surface area contributed by atoms with E-state index in [1.54, 1.807) is 30.3 Å². The average molecular weight is 200 g/mol. The first-order chi connectivity index (χ1) is 6.70. The highest BCUT2D eigenvalue weighted by atomic mass is 19.3. The van der Waals surface area contributed by atoms with E-state index in [0.29, 0.717) is 5.56 Å². The minimum Gasteiger partial charge on any atom is -0.367 e. The van der Waals surface area contributed by atoms with Gasteiger partial charge in [-0.1, -0.05) is 30.3 Å². The number of carbonyl (C=O) groups is 1. The van der Waals surface area contributed by atoms with Gasteiger partial charge in [0, 0.05) is 5.56 Å². The van der Waals surface area contributed by atoms with E-state index in [0.717, 1.165) is 0 Å². The Bertz CT molecular complexity index is 285. The topological polar surface area (TPSA) is 26.3 Å². The SMILES string of the molecule is O=C(COCC(F)F)c1ccccc1. The maximum absolute atomic E-state index is 11.7. The third kappa shape index (κ3) is 3.62. The van der Waals surface area contributed by atoms with Crippen molar-refractivity contribution in [3.8, 4) is 0 Å². The molecule has 0 heterocycles. The zero-order valence-electron chi connectivity index (χ0n) is 7.45. The molecule has 0 unspecified atom stereocenters. The van der Waals surface area contributed by atoms with Gasteiger partial charge in [0.1, 0.15) is 13.2 Å². The van der Waals surface area contributed by atoms with Crippen LogP contribution in [0.4, 0.5) is 8.78 Å². The number of hydrogen-bond donors (Lipinski definition) is 0. The van der Waals surface area contributed by atoms with Crippen molar-refractivity contribution >= 4 is 5.78 Å². The minimum absolute atomic E-state index is 0.286. The van der Waals surface area contributed by atoms with Gasteiger partial charge in [-0.05, 0) is 0 Å². The van der Waals surface area contributed by atoms with E-state index >= 15 is 0 Å². The fourth-order valence-corrected chi connectivity index (χ4v) is 0.948. The molecule has 1 aromatic rings. The largest absolute Gasteiger partial charge is 0.367 e. The van der Waals surface area contributed by atoms with Crippen molar-refractivity contribution in [3.63, 3.8) is 0 Å². The van der Waals surface area contributed by atoms with Crippen LogP contribution in [0.1, 0.15) is 10.4 Å². The van der Waals surface area contributed by atoms with E-state index in [2.05, 4.69) is 4.74 Å². The second-order valence-electron chi connectivity index (χ2n) is 2.70. The van der Waals surface area contributed by atoms with Crippen molar-refractivity contribution in [2.45, 2.75) is 6.43 Å². The highest BCUT2D eigenvalue weighted by molar-refractivity contribution is 5.96. The molecule has 0 aliphatic rings. The molecule has 0 radical (unpaired) electrons. The molecule has 1 rings (SSSR count). The van der Waals surface area contributed by atoms with Crippen molar-refractivity contribution < 1.29 is 18.3 Å². The number of alkyl halides is 2. The van der Waals surface area contributed by atoms with Gasteiger partial charge in [-0.15, -0.1) is 0 Å². The zero-order chi connectivity index (χ0) is 10.4. The molecule has 4 heteroatoms. The standard InChI is InChI=1S/C10H10F2O2/c11-10(12)7-14-6-9(13)8-4-2-1-3-5-8/h1-5,10H,6-7H2. The Morgan fingerprint density at radius 3 is 2.50 bits per heavy atom. The van der Waals surface area contributed by atoms with Gasteiger partial charge in [-0.25, -0.2) is 8.78 Å². The lowest BCUT2D eigenvalue weighted by Gasteiger charge is -2.02. The molecule has 0 saturated heterocycles. The second-order valence-corrected chi connectivity index (χ2v) is 2.70. The maximum Gasteiger partial charge on any atom is 0.261 e. The van der Waals surface area contributed by atoms with Crippen LogP contribution in [0.3, 0.4) is 0 Å². The molecule has 0 saturated carbocycles. The van der Waals surface area contributed by atoms with Crippen molar-refractivity contribution in [2.24, 2.45) is 0 Å². The summed E-state index contributed by atoms with van der Waals surface area (Å²) in [5.74, 6) is -0.286. The van der Waals surface area contributed by atoms with Gasteiger partial charge in [0.25, 0.3) is 6.43 Å². The number of benzene rings is 1. The van der Waals surface area contributed by atoms with Gasteiger partial charge in [-0.2, -0.15) is 0 Å². The molecule has 76 valence electrons. The predicted octanol–water partition coefficient (Wildman–Crippen LogP) is 2.15. The maximum atomic E-state index is 11.7. The normalized spacial score (nSPS) is 10.5. The van der Waals surface area contributed by atoms with Gasteiger partial charge >= 0.3 is 0 Å². The first-order valence-electron chi connectivity index (χ1n) is 4.14. The molecule has 0 spiro atoms. The molecule has 0 aliphatic carbocycles. The molecular weight excluding hydrogens is 190 g/mol. The fraction of sp³-hybridized carbons (Fsp3) is 0.300. The summed E-state index contributed by atoms with van der Waals surface area (Å²) in [5.41, 5.74) is 0.474. The molecule has 0 amide bonds. The lowest BCUT2D eigenvalue weighted by atomic mass is 10.1. The molecule has 0 bridgehead atoms. The zero-order valence-corrected chi connectivity index (χ0v) is 7.45. The summed E-state index contributed by atoms with van der Waals surface area (Å²) in [5, 5.41) is 0. The summed E-state index contributed by atoms with van der Waals surface area (Å²) in [6.07, 6.45) is -2.53. The van der Waals surface area contributed by atoms with Gasteiger partial charge in [-0.3, -0.25) is 4.79 Å². The second kappa shape index (κ2) is 5.44. The Kier molecular flexibility index (Phi) is 4.19. The van der Waals surface area contributed by atoms with Gasteiger partial charge in [0.05, 0.1) is 0 Å². The van der Waals surface area contributed by atoms with Crippen LogP contribution in [0.15, 0.2) is 30.3 Å². The Labute approximate surface area is 80.5 Å². The van der Waals surface area contributed by atoms with Crippen molar-refractivity contribution in [2.75, 3.05) is 13.2 Å². The molecule has 0 aromatic heterocycles. The first kappa shape index (κ1) is 10.8. The van der Waals surface area contributed by atoms with Gasteiger partial charge in [0.15, 0.2) is 5.78 Å². The van der Waals surface area contributed by atoms with E-state index in [1.807, 2.05) is 0 Å². The van der Waals surface area contributed by atoms with Gasteiger partial charge < -0.3 is 4.74 Å².